The van der Waals surface area contributed by atoms with Gasteiger partial charge in [0, 0.05) is 24.7 Å². The van der Waals surface area contributed by atoms with Crippen LogP contribution in [0.3, 0.4) is 0 Å². The molecule has 1 heterocycles. The van der Waals surface area contributed by atoms with Crippen LogP contribution in [0.5, 0.6) is 0 Å². The van der Waals surface area contributed by atoms with Crippen molar-refractivity contribution in [3.8, 4) is 0 Å². The first kappa shape index (κ1) is 12.1. The summed E-state index contributed by atoms with van der Waals surface area (Å²) in [5, 5.41) is 15.4. The smallest absolute Gasteiger partial charge is 0.0924 e. The summed E-state index contributed by atoms with van der Waals surface area (Å²) in [4.78, 5) is 0. The molecule has 0 aliphatic rings. The average Bonchev–Trinajstić information content (AvgIpc) is 2.63. The lowest BCUT2D eigenvalue weighted by Crippen LogP contribution is -2.24. The fourth-order valence-corrected chi connectivity index (χ4v) is 2.03. The summed E-state index contributed by atoms with van der Waals surface area (Å²) >= 11 is 5.93. The minimum atomic E-state index is -0.959. The number of nitrogens with zero attached hydrogens (tertiary/aromatic N) is 2. The molecule has 2 aromatic rings. The maximum absolute atomic E-state index is 10.5. The van der Waals surface area contributed by atoms with Crippen LogP contribution in [0.15, 0.2) is 36.5 Å². The van der Waals surface area contributed by atoms with Crippen molar-refractivity contribution in [1.29, 1.82) is 0 Å². The highest BCUT2D eigenvalue weighted by molar-refractivity contribution is 6.30. The minimum absolute atomic E-state index is 0.466. The number of rotatable bonds is 3. The first-order valence-electron chi connectivity index (χ1n) is 5.44. The Bertz CT molecular complexity index is 520. The lowest BCUT2D eigenvalue weighted by molar-refractivity contribution is 0.0565. The maximum atomic E-state index is 10.5. The van der Waals surface area contributed by atoms with Crippen molar-refractivity contribution < 1.29 is 5.11 Å². The lowest BCUT2D eigenvalue weighted by atomic mass is 9.91. The summed E-state index contributed by atoms with van der Waals surface area (Å²) in [6.45, 7) is 1.77. The van der Waals surface area contributed by atoms with E-state index in [9.17, 15) is 5.11 Å². The number of aliphatic hydroxyl groups is 1. The maximum Gasteiger partial charge on any atom is 0.0924 e. The highest BCUT2D eigenvalue weighted by atomic mass is 35.5. The number of aryl methyl sites for hydroxylation is 1. The Balaban J connectivity index is 2.24. The highest BCUT2D eigenvalue weighted by Gasteiger charge is 2.24. The molecule has 1 atom stereocenters. The van der Waals surface area contributed by atoms with E-state index < -0.39 is 5.60 Å². The van der Waals surface area contributed by atoms with E-state index in [-0.39, 0.29) is 0 Å². The predicted molar refractivity (Wildman–Crippen MR) is 67.9 cm³/mol. The SMILES string of the molecule is Cn1ccc(CC(C)(O)c2cccc(Cl)c2)n1. The van der Waals surface area contributed by atoms with Gasteiger partial charge in [0.15, 0.2) is 0 Å². The molecule has 3 nitrogen and oxygen atoms in total. The Labute approximate surface area is 106 Å². The summed E-state index contributed by atoms with van der Waals surface area (Å²) in [6, 6.07) is 9.19. The lowest BCUT2D eigenvalue weighted by Gasteiger charge is -2.23. The van der Waals surface area contributed by atoms with E-state index >= 15 is 0 Å². The molecule has 1 unspecified atom stereocenters. The number of benzene rings is 1. The normalized spacial score (nSPS) is 14.6. The summed E-state index contributed by atoms with van der Waals surface area (Å²) in [7, 11) is 1.86. The summed E-state index contributed by atoms with van der Waals surface area (Å²) in [6.07, 6.45) is 2.33. The first-order valence-corrected chi connectivity index (χ1v) is 5.82. The number of halogens is 1. The Morgan fingerprint density at radius 3 is 2.76 bits per heavy atom. The molecule has 0 spiro atoms. The Hall–Kier alpha value is -1.32. The molecule has 0 aliphatic heterocycles. The van der Waals surface area contributed by atoms with Crippen LogP contribution in [0.4, 0.5) is 0 Å². The molecule has 1 aromatic heterocycles. The molecular formula is C13H15ClN2O. The molecule has 0 aliphatic carbocycles. The fourth-order valence-electron chi connectivity index (χ4n) is 1.84. The van der Waals surface area contributed by atoms with Gasteiger partial charge in [0.1, 0.15) is 0 Å². The van der Waals surface area contributed by atoms with Gasteiger partial charge in [-0.05, 0) is 30.7 Å². The topological polar surface area (TPSA) is 38.0 Å². The molecule has 1 N–H and O–H groups in total. The molecule has 0 radical (unpaired) electrons. The second-order valence-corrected chi connectivity index (χ2v) is 4.88. The second kappa shape index (κ2) is 4.51. The van der Waals surface area contributed by atoms with Gasteiger partial charge in [-0.15, -0.1) is 0 Å². The highest BCUT2D eigenvalue weighted by Crippen LogP contribution is 2.26. The molecule has 90 valence electrons. The van der Waals surface area contributed by atoms with Crippen molar-refractivity contribution >= 4 is 11.6 Å². The van der Waals surface area contributed by atoms with Crippen LogP contribution in [0.2, 0.25) is 5.02 Å². The number of aromatic nitrogens is 2. The Morgan fingerprint density at radius 1 is 1.41 bits per heavy atom. The molecule has 1 aromatic carbocycles. The van der Waals surface area contributed by atoms with Gasteiger partial charge in [-0.3, -0.25) is 4.68 Å². The third-order valence-electron chi connectivity index (χ3n) is 2.74. The average molecular weight is 251 g/mol. The van der Waals surface area contributed by atoms with E-state index in [1.807, 2.05) is 31.4 Å². The zero-order chi connectivity index (χ0) is 12.5. The zero-order valence-corrected chi connectivity index (χ0v) is 10.6. The van der Waals surface area contributed by atoms with Gasteiger partial charge >= 0.3 is 0 Å². The van der Waals surface area contributed by atoms with Gasteiger partial charge in [-0.2, -0.15) is 5.10 Å². The van der Waals surface area contributed by atoms with Crippen LogP contribution >= 0.6 is 11.6 Å². The van der Waals surface area contributed by atoms with Crippen molar-refractivity contribution in [3.05, 3.63) is 52.8 Å². The molecule has 0 fully saturated rings. The van der Waals surface area contributed by atoms with Crippen molar-refractivity contribution in [2.45, 2.75) is 18.9 Å². The van der Waals surface area contributed by atoms with E-state index in [0.29, 0.717) is 11.4 Å². The first-order chi connectivity index (χ1) is 7.97. The molecule has 4 heteroatoms. The van der Waals surface area contributed by atoms with Crippen LogP contribution in [-0.4, -0.2) is 14.9 Å². The van der Waals surface area contributed by atoms with Crippen molar-refractivity contribution in [2.75, 3.05) is 0 Å². The van der Waals surface area contributed by atoms with Gasteiger partial charge in [0.25, 0.3) is 0 Å². The molecular weight excluding hydrogens is 236 g/mol. The van der Waals surface area contributed by atoms with E-state index in [1.165, 1.54) is 0 Å². The standard InChI is InChI=1S/C13H15ClN2O/c1-13(17,9-12-6-7-16(2)15-12)10-4-3-5-11(14)8-10/h3-8,17H,9H2,1-2H3. The molecule has 17 heavy (non-hydrogen) atoms. The molecule has 0 amide bonds. The van der Waals surface area contributed by atoms with Crippen molar-refractivity contribution in [2.24, 2.45) is 7.05 Å². The third kappa shape index (κ3) is 2.87. The minimum Gasteiger partial charge on any atom is -0.385 e. The summed E-state index contributed by atoms with van der Waals surface area (Å²) in [5.41, 5.74) is 0.701. The molecule has 0 bridgehead atoms. The van der Waals surface area contributed by atoms with E-state index in [4.69, 9.17) is 11.6 Å². The van der Waals surface area contributed by atoms with Crippen LogP contribution in [0, 0.1) is 0 Å². The predicted octanol–water partition coefficient (Wildman–Crippen LogP) is 2.52. The van der Waals surface area contributed by atoms with Gasteiger partial charge in [0.05, 0.1) is 11.3 Å². The van der Waals surface area contributed by atoms with Crippen molar-refractivity contribution in [1.82, 2.24) is 9.78 Å². The van der Waals surface area contributed by atoms with E-state index in [0.717, 1.165) is 11.3 Å². The van der Waals surface area contributed by atoms with Crippen LogP contribution < -0.4 is 0 Å². The van der Waals surface area contributed by atoms with E-state index in [2.05, 4.69) is 5.10 Å². The largest absolute Gasteiger partial charge is 0.385 e. The quantitative estimate of drug-likeness (QED) is 0.909. The Kier molecular flexibility index (Phi) is 3.22. The van der Waals surface area contributed by atoms with Crippen LogP contribution in [-0.2, 0) is 19.1 Å². The van der Waals surface area contributed by atoms with E-state index in [1.54, 1.807) is 23.7 Å². The fraction of sp³-hybridized carbons (Fsp3) is 0.308. The van der Waals surface area contributed by atoms with Gasteiger partial charge < -0.3 is 5.11 Å². The van der Waals surface area contributed by atoms with Crippen LogP contribution in [0.25, 0.3) is 0 Å². The molecule has 0 saturated carbocycles. The van der Waals surface area contributed by atoms with Gasteiger partial charge in [-0.1, -0.05) is 23.7 Å². The molecule has 0 saturated heterocycles. The summed E-state index contributed by atoms with van der Waals surface area (Å²) < 4.78 is 1.73. The monoisotopic (exact) mass is 250 g/mol. The molecule has 2 rings (SSSR count). The Morgan fingerprint density at radius 2 is 2.18 bits per heavy atom. The van der Waals surface area contributed by atoms with Gasteiger partial charge in [-0.25, -0.2) is 0 Å². The second-order valence-electron chi connectivity index (χ2n) is 4.44. The number of hydrogen-bond acceptors (Lipinski definition) is 2. The van der Waals surface area contributed by atoms with Crippen molar-refractivity contribution in [3.63, 3.8) is 0 Å². The van der Waals surface area contributed by atoms with Crippen LogP contribution in [0.1, 0.15) is 18.2 Å². The number of hydrogen-bond donors (Lipinski definition) is 1. The zero-order valence-electron chi connectivity index (χ0n) is 9.89. The van der Waals surface area contributed by atoms with Gasteiger partial charge in [0.2, 0.25) is 0 Å². The summed E-state index contributed by atoms with van der Waals surface area (Å²) in [5.74, 6) is 0. The third-order valence-corrected chi connectivity index (χ3v) is 2.98.